The molecular weight excluding hydrogens is 406 g/mol. The number of hydrogen-bond donors (Lipinski definition) is 2. The highest BCUT2D eigenvalue weighted by atomic mass is 16.3. The van der Waals surface area contributed by atoms with Crippen molar-refractivity contribution in [1.29, 1.82) is 0 Å². The van der Waals surface area contributed by atoms with Crippen LogP contribution in [-0.2, 0) is 6.54 Å². The summed E-state index contributed by atoms with van der Waals surface area (Å²) in [6, 6.07) is 15.8. The van der Waals surface area contributed by atoms with Crippen LogP contribution in [0.1, 0.15) is 21.6 Å². The Morgan fingerprint density at radius 2 is 1.78 bits per heavy atom. The second kappa shape index (κ2) is 9.33. The van der Waals surface area contributed by atoms with E-state index >= 15 is 0 Å². The fourth-order valence-electron chi connectivity index (χ4n) is 3.70. The molecule has 3 aromatic rings. The van der Waals surface area contributed by atoms with Gasteiger partial charge < -0.3 is 15.3 Å². The molecule has 4 rings (SSSR count). The van der Waals surface area contributed by atoms with Crippen molar-refractivity contribution < 1.29 is 9.90 Å². The van der Waals surface area contributed by atoms with Gasteiger partial charge in [-0.3, -0.25) is 14.5 Å². The number of piperazine rings is 1. The molecule has 2 N–H and O–H groups in total. The Balaban J connectivity index is 1.48. The summed E-state index contributed by atoms with van der Waals surface area (Å²) in [5.74, 6) is -1.04. The molecule has 1 saturated heterocycles. The van der Waals surface area contributed by atoms with Crippen molar-refractivity contribution >= 4 is 11.6 Å². The molecule has 1 aromatic heterocycles. The number of anilines is 1. The van der Waals surface area contributed by atoms with Crippen LogP contribution < -0.4 is 10.9 Å². The molecule has 1 amide bonds. The highest BCUT2D eigenvalue weighted by Crippen LogP contribution is 2.17. The van der Waals surface area contributed by atoms with E-state index in [0.717, 1.165) is 49.0 Å². The summed E-state index contributed by atoms with van der Waals surface area (Å²) in [4.78, 5) is 29.8. The summed E-state index contributed by atoms with van der Waals surface area (Å²) in [6.07, 6.45) is 0. The van der Waals surface area contributed by atoms with Crippen LogP contribution in [-0.4, -0.2) is 63.8 Å². The molecule has 1 aliphatic heterocycles. The van der Waals surface area contributed by atoms with E-state index in [9.17, 15) is 14.7 Å². The fourth-order valence-corrected chi connectivity index (χ4v) is 3.70. The molecule has 0 bridgehead atoms. The van der Waals surface area contributed by atoms with Crippen molar-refractivity contribution in [2.75, 3.05) is 38.5 Å². The lowest BCUT2D eigenvalue weighted by molar-refractivity contribution is 0.101. The van der Waals surface area contributed by atoms with Crippen LogP contribution in [0.25, 0.3) is 5.69 Å². The number of aromatic nitrogens is 2. The fraction of sp³-hybridized carbons (Fsp3) is 0.292. The van der Waals surface area contributed by atoms with Crippen molar-refractivity contribution in [3.63, 3.8) is 0 Å². The van der Waals surface area contributed by atoms with E-state index in [1.54, 1.807) is 18.2 Å². The van der Waals surface area contributed by atoms with Gasteiger partial charge in [0.25, 0.3) is 11.5 Å². The third-order valence-electron chi connectivity index (χ3n) is 5.59. The second-order valence-electron chi connectivity index (χ2n) is 8.20. The Labute approximate surface area is 186 Å². The zero-order valence-corrected chi connectivity index (χ0v) is 18.3. The first kappa shape index (κ1) is 21.7. The lowest BCUT2D eigenvalue weighted by atomic mass is 10.1. The summed E-state index contributed by atoms with van der Waals surface area (Å²) >= 11 is 0. The molecular formula is C24H27N5O3. The Hall–Kier alpha value is -3.49. The van der Waals surface area contributed by atoms with Gasteiger partial charge in [-0.05, 0) is 49.4 Å². The van der Waals surface area contributed by atoms with Crippen LogP contribution in [0.2, 0.25) is 0 Å². The van der Waals surface area contributed by atoms with E-state index in [1.165, 1.54) is 5.56 Å². The van der Waals surface area contributed by atoms with E-state index in [4.69, 9.17) is 0 Å². The Bertz CT molecular complexity index is 1160. The number of nitrogens with one attached hydrogen (secondary N) is 1. The topological polar surface area (TPSA) is 90.7 Å². The lowest BCUT2D eigenvalue weighted by Gasteiger charge is -2.32. The van der Waals surface area contributed by atoms with E-state index < -0.39 is 17.2 Å². The molecule has 1 aliphatic rings. The normalized spacial score (nSPS) is 14.9. The number of rotatable bonds is 5. The van der Waals surface area contributed by atoms with Crippen LogP contribution in [0.4, 0.5) is 5.69 Å². The highest BCUT2D eigenvalue weighted by Gasteiger charge is 2.18. The Kier molecular flexibility index (Phi) is 6.34. The second-order valence-corrected chi connectivity index (χ2v) is 8.20. The summed E-state index contributed by atoms with van der Waals surface area (Å²) < 4.78 is 1.11. The number of amides is 1. The number of aryl methyl sites for hydroxylation is 1. The molecule has 8 heteroatoms. The molecule has 2 heterocycles. The first-order chi connectivity index (χ1) is 15.4. The molecule has 2 aromatic carbocycles. The third kappa shape index (κ3) is 5.04. The SMILES string of the molecule is Cc1cccc(-n2nc(C(=O)Nc3ccc(CN4CCN(C)CC4)cc3)c(O)cc2=O)c1. The lowest BCUT2D eigenvalue weighted by Crippen LogP contribution is -2.43. The van der Waals surface area contributed by atoms with E-state index in [1.807, 2.05) is 37.3 Å². The molecule has 0 saturated carbocycles. The summed E-state index contributed by atoms with van der Waals surface area (Å²) in [5.41, 5.74) is 2.50. The van der Waals surface area contributed by atoms with Gasteiger partial charge in [-0.1, -0.05) is 24.3 Å². The Morgan fingerprint density at radius 3 is 2.47 bits per heavy atom. The number of carbonyl (C=O) groups is 1. The van der Waals surface area contributed by atoms with Gasteiger partial charge in [0.15, 0.2) is 11.4 Å². The molecule has 166 valence electrons. The minimum atomic E-state index is -0.587. The number of benzene rings is 2. The molecule has 0 spiro atoms. The van der Waals surface area contributed by atoms with Gasteiger partial charge in [0, 0.05) is 44.5 Å². The minimum Gasteiger partial charge on any atom is -0.505 e. The molecule has 0 radical (unpaired) electrons. The van der Waals surface area contributed by atoms with Gasteiger partial charge >= 0.3 is 0 Å². The van der Waals surface area contributed by atoms with Crippen molar-refractivity contribution in [3.05, 3.63) is 81.8 Å². The summed E-state index contributed by atoms with van der Waals surface area (Å²) in [7, 11) is 2.13. The third-order valence-corrected chi connectivity index (χ3v) is 5.59. The van der Waals surface area contributed by atoms with Gasteiger partial charge in [-0.2, -0.15) is 9.78 Å². The van der Waals surface area contributed by atoms with Crippen molar-refractivity contribution in [2.24, 2.45) is 0 Å². The van der Waals surface area contributed by atoms with E-state index in [2.05, 4.69) is 27.3 Å². The number of hydrogen-bond acceptors (Lipinski definition) is 6. The molecule has 1 fully saturated rings. The van der Waals surface area contributed by atoms with Crippen LogP contribution in [0.5, 0.6) is 5.75 Å². The zero-order chi connectivity index (χ0) is 22.7. The Morgan fingerprint density at radius 1 is 1.06 bits per heavy atom. The number of likely N-dealkylation sites (N-methyl/N-ethyl adjacent to an activating group) is 1. The maximum absolute atomic E-state index is 12.8. The first-order valence-corrected chi connectivity index (χ1v) is 10.6. The smallest absolute Gasteiger partial charge is 0.279 e. The minimum absolute atomic E-state index is 0.215. The number of carbonyl (C=O) groups excluding carboxylic acids is 1. The molecule has 32 heavy (non-hydrogen) atoms. The van der Waals surface area contributed by atoms with Crippen LogP contribution >= 0.6 is 0 Å². The molecule has 0 atom stereocenters. The van der Waals surface area contributed by atoms with Gasteiger partial charge in [0.2, 0.25) is 0 Å². The maximum atomic E-state index is 12.8. The summed E-state index contributed by atoms with van der Waals surface area (Å²) in [5, 5.41) is 17.0. The van der Waals surface area contributed by atoms with E-state index in [0.29, 0.717) is 11.4 Å². The first-order valence-electron chi connectivity index (χ1n) is 10.6. The van der Waals surface area contributed by atoms with Gasteiger partial charge in [0.05, 0.1) is 5.69 Å². The van der Waals surface area contributed by atoms with E-state index in [-0.39, 0.29) is 5.69 Å². The monoisotopic (exact) mass is 433 g/mol. The number of nitrogens with zero attached hydrogens (tertiary/aromatic N) is 4. The number of aromatic hydroxyl groups is 1. The highest BCUT2D eigenvalue weighted by molar-refractivity contribution is 6.04. The van der Waals surface area contributed by atoms with Crippen LogP contribution in [0.3, 0.4) is 0 Å². The summed E-state index contributed by atoms with van der Waals surface area (Å²) in [6.45, 7) is 6.97. The molecule has 8 nitrogen and oxygen atoms in total. The quantitative estimate of drug-likeness (QED) is 0.641. The zero-order valence-electron chi connectivity index (χ0n) is 18.3. The van der Waals surface area contributed by atoms with Gasteiger partial charge in [0.1, 0.15) is 0 Å². The van der Waals surface area contributed by atoms with Gasteiger partial charge in [-0.25, -0.2) is 0 Å². The average molecular weight is 434 g/mol. The maximum Gasteiger partial charge on any atom is 0.279 e. The van der Waals surface area contributed by atoms with Crippen molar-refractivity contribution in [2.45, 2.75) is 13.5 Å². The average Bonchev–Trinajstić information content (AvgIpc) is 2.76. The van der Waals surface area contributed by atoms with Crippen LogP contribution in [0.15, 0.2) is 59.4 Å². The standard InChI is InChI=1S/C24H27N5O3/c1-17-4-3-5-20(14-17)29-22(31)15-21(30)23(26-29)24(32)25-19-8-6-18(7-9-19)16-28-12-10-27(2)11-13-28/h3-9,14-15,30H,10-13,16H2,1-2H3,(H,25,32). The predicted molar refractivity (Wildman–Crippen MR) is 123 cm³/mol. The molecule has 0 aliphatic carbocycles. The molecule has 0 unspecified atom stereocenters. The predicted octanol–water partition coefficient (Wildman–Crippen LogP) is 2.25. The van der Waals surface area contributed by atoms with Crippen molar-refractivity contribution in [3.8, 4) is 11.4 Å². The van der Waals surface area contributed by atoms with Crippen LogP contribution in [0, 0.1) is 6.92 Å². The largest absolute Gasteiger partial charge is 0.505 e. The van der Waals surface area contributed by atoms with Crippen molar-refractivity contribution in [1.82, 2.24) is 19.6 Å². The van der Waals surface area contributed by atoms with Gasteiger partial charge in [-0.15, -0.1) is 0 Å².